The number of aromatic nitrogens is 2. The van der Waals surface area contributed by atoms with Crippen molar-refractivity contribution in [1.82, 2.24) is 9.55 Å². The van der Waals surface area contributed by atoms with Crippen molar-refractivity contribution < 1.29 is 9.84 Å². The molecular formula is C15H20N2O2. The Kier molecular flexibility index (Phi) is 3.29. The molecule has 0 aliphatic carbocycles. The summed E-state index contributed by atoms with van der Waals surface area (Å²) in [5.74, 6) is 0.254. The first-order valence-corrected chi connectivity index (χ1v) is 6.83. The molecule has 1 aliphatic rings. The molecule has 2 heterocycles. The SMILES string of the molecule is Cc1cc2ncn(CC(O)C3CCOC3)c2cc1C. The van der Waals surface area contributed by atoms with E-state index in [0.717, 1.165) is 24.1 Å². The lowest BCUT2D eigenvalue weighted by molar-refractivity contribution is 0.0786. The number of hydrogen-bond donors (Lipinski definition) is 1. The van der Waals surface area contributed by atoms with Gasteiger partial charge < -0.3 is 14.4 Å². The fraction of sp³-hybridized carbons (Fsp3) is 0.533. The normalized spacial score (nSPS) is 21.1. The van der Waals surface area contributed by atoms with Gasteiger partial charge in [0, 0.05) is 12.5 Å². The van der Waals surface area contributed by atoms with Crippen molar-refractivity contribution in [3.8, 4) is 0 Å². The maximum absolute atomic E-state index is 10.3. The fourth-order valence-electron chi connectivity index (χ4n) is 2.67. The Labute approximate surface area is 113 Å². The molecule has 1 saturated heterocycles. The Bertz CT molecular complexity index is 585. The molecule has 2 atom stereocenters. The Morgan fingerprint density at radius 3 is 2.95 bits per heavy atom. The first-order valence-electron chi connectivity index (χ1n) is 6.83. The van der Waals surface area contributed by atoms with Crippen LogP contribution in [0.2, 0.25) is 0 Å². The standard InChI is InChI=1S/C15H20N2O2/c1-10-5-13-14(6-11(10)2)17(9-16-13)7-15(18)12-3-4-19-8-12/h5-6,9,12,15,18H,3-4,7-8H2,1-2H3. The van der Waals surface area contributed by atoms with E-state index < -0.39 is 0 Å². The molecule has 1 N–H and O–H groups in total. The molecule has 2 aromatic rings. The van der Waals surface area contributed by atoms with Gasteiger partial charge in [-0.1, -0.05) is 0 Å². The quantitative estimate of drug-likeness (QED) is 0.918. The highest BCUT2D eigenvalue weighted by Crippen LogP contribution is 2.22. The van der Waals surface area contributed by atoms with Crippen LogP contribution < -0.4 is 0 Å². The first kappa shape index (κ1) is 12.6. The maximum atomic E-state index is 10.3. The Morgan fingerprint density at radius 2 is 2.21 bits per heavy atom. The molecule has 0 saturated carbocycles. The number of imidazole rings is 1. The molecule has 2 unspecified atom stereocenters. The van der Waals surface area contributed by atoms with Crippen LogP contribution in [0.4, 0.5) is 0 Å². The zero-order valence-electron chi connectivity index (χ0n) is 11.5. The second kappa shape index (κ2) is 4.94. The monoisotopic (exact) mass is 260 g/mol. The van der Waals surface area contributed by atoms with Gasteiger partial charge in [-0.15, -0.1) is 0 Å². The number of hydrogen-bond acceptors (Lipinski definition) is 3. The molecule has 1 aliphatic heterocycles. The van der Waals surface area contributed by atoms with E-state index in [2.05, 4.69) is 31.0 Å². The molecule has 1 aromatic carbocycles. The summed E-state index contributed by atoms with van der Waals surface area (Å²) in [6, 6.07) is 4.25. The highest BCUT2D eigenvalue weighted by molar-refractivity contribution is 5.77. The van der Waals surface area contributed by atoms with Gasteiger partial charge in [0.2, 0.25) is 0 Å². The second-order valence-electron chi connectivity index (χ2n) is 5.51. The Balaban J connectivity index is 1.86. The molecule has 4 nitrogen and oxygen atoms in total. The van der Waals surface area contributed by atoms with Crippen molar-refractivity contribution in [3.05, 3.63) is 29.6 Å². The van der Waals surface area contributed by atoms with E-state index in [9.17, 15) is 5.11 Å². The summed E-state index contributed by atoms with van der Waals surface area (Å²) < 4.78 is 7.38. The number of aryl methyl sites for hydroxylation is 2. The van der Waals surface area contributed by atoms with Gasteiger partial charge in [-0.25, -0.2) is 4.98 Å². The second-order valence-corrected chi connectivity index (χ2v) is 5.51. The number of fused-ring (bicyclic) bond motifs is 1. The predicted molar refractivity (Wildman–Crippen MR) is 74.1 cm³/mol. The summed E-state index contributed by atoms with van der Waals surface area (Å²) in [4.78, 5) is 4.42. The number of benzene rings is 1. The van der Waals surface area contributed by atoms with Crippen LogP contribution >= 0.6 is 0 Å². The lowest BCUT2D eigenvalue weighted by atomic mass is 10.0. The average molecular weight is 260 g/mol. The molecule has 19 heavy (non-hydrogen) atoms. The van der Waals surface area contributed by atoms with Crippen LogP contribution in [-0.2, 0) is 11.3 Å². The lowest BCUT2D eigenvalue weighted by Gasteiger charge is -2.17. The number of nitrogens with zero attached hydrogens (tertiary/aromatic N) is 2. The third kappa shape index (κ3) is 2.38. The van der Waals surface area contributed by atoms with Gasteiger partial charge in [0.25, 0.3) is 0 Å². The van der Waals surface area contributed by atoms with Crippen LogP contribution in [0, 0.1) is 19.8 Å². The van der Waals surface area contributed by atoms with E-state index in [1.54, 1.807) is 0 Å². The van der Waals surface area contributed by atoms with Gasteiger partial charge in [0.05, 0.1) is 36.6 Å². The third-order valence-electron chi connectivity index (χ3n) is 4.13. The molecule has 1 aromatic heterocycles. The number of rotatable bonds is 3. The van der Waals surface area contributed by atoms with E-state index >= 15 is 0 Å². The Hall–Kier alpha value is -1.39. The van der Waals surface area contributed by atoms with Crippen molar-refractivity contribution in [1.29, 1.82) is 0 Å². The zero-order chi connectivity index (χ0) is 13.4. The summed E-state index contributed by atoms with van der Waals surface area (Å²) >= 11 is 0. The highest BCUT2D eigenvalue weighted by Gasteiger charge is 2.24. The highest BCUT2D eigenvalue weighted by atomic mass is 16.5. The summed E-state index contributed by atoms with van der Waals surface area (Å²) in [7, 11) is 0. The van der Waals surface area contributed by atoms with Crippen LogP contribution in [0.1, 0.15) is 17.5 Å². The molecule has 4 heteroatoms. The van der Waals surface area contributed by atoms with Gasteiger partial charge in [0.1, 0.15) is 0 Å². The topological polar surface area (TPSA) is 47.3 Å². The average Bonchev–Trinajstić information content (AvgIpc) is 3.01. The molecule has 0 spiro atoms. The first-order chi connectivity index (χ1) is 9.15. The Morgan fingerprint density at radius 1 is 1.42 bits per heavy atom. The number of aliphatic hydroxyl groups excluding tert-OH is 1. The summed E-state index contributed by atoms with van der Waals surface area (Å²) in [6.45, 7) is 6.23. The summed E-state index contributed by atoms with van der Waals surface area (Å²) in [6.07, 6.45) is 2.41. The smallest absolute Gasteiger partial charge is 0.0959 e. The van der Waals surface area contributed by atoms with Crippen LogP contribution in [0.15, 0.2) is 18.5 Å². The predicted octanol–water partition coefficient (Wildman–Crippen LogP) is 2.05. The van der Waals surface area contributed by atoms with Crippen molar-refractivity contribution in [2.24, 2.45) is 5.92 Å². The van der Waals surface area contributed by atoms with Crippen molar-refractivity contribution in [3.63, 3.8) is 0 Å². The fourth-order valence-corrected chi connectivity index (χ4v) is 2.67. The largest absolute Gasteiger partial charge is 0.391 e. The van der Waals surface area contributed by atoms with Crippen LogP contribution in [0.25, 0.3) is 11.0 Å². The van der Waals surface area contributed by atoms with E-state index in [0.29, 0.717) is 13.2 Å². The van der Waals surface area contributed by atoms with Crippen LogP contribution in [0.3, 0.4) is 0 Å². The minimum Gasteiger partial charge on any atom is -0.391 e. The lowest BCUT2D eigenvalue weighted by Crippen LogP contribution is -2.25. The van der Waals surface area contributed by atoms with Crippen molar-refractivity contribution in [2.75, 3.05) is 13.2 Å². The van der Waals surface area contributed by atoms with E-state index in [1.807, 2.05) is 10.9 Å². The maximum Gasteiger partial charge on any atom is 0.0959 e. The third-order valence-corrected chi connectivity index (χ3v) is 4.13. The summed E-state index contributed by atoms with van der Waals surface area (Å²) in [5.41, 5.74) is 4.61. The molecule has 102 valence electrons. The van der Waals surface area contributed by atoms with E-state index in [4.69, 9.17) is 4.74 Å². The van der Waals surface area contributed by atoms with E-state index in [1.165, 1.54) is 11.1 Å². The number of aliphatic hydroxyl groups is 1. The van der Waals surface area contributed by atoms with Gasteiger partial charge in [-0.3, -0.25) is 0 Å². The van der Waals surface area contributed by atoms with Gasteiger partial charge >= 0.3 is 0 Å². The van der Waals surface area contributed by atoms with Crippen LogP contribution in [0.5, 0.6) is 0 Å². The van der Waals surface area contributed by atoms with E-state index in [-0.39, 0.29) is 12.0 Å². The van der Waals surface area contributed by atoms with Gasteiger partial charge in [-0.2, -0.15) is 0 Å². The van der Waals surface area contributed by atoms with Gasteiger partial charge in [-0.05, 0) is 43.5 Å². The number of ether oxygens (including phenoxy) is 1. The summed E-state index contributed by atoms with van der Waals surface area (Å²) in [5, 5.41) is 10.3. The van der Waals surface area contributed by atoms with Crippen molar-refractivity contribution in [2.45, 2.75) is 32.9 Å². The molecule has 0 radical (unpaired) electrons. The molecule has 0 amide bonds. The molecule has 1 fully saturated rings. The molecule has 0 bridgehead atoms. The van der Waals surface area contributed by atoms with Gasteiger partial charge in [0.15, 0.2) is 0 Å². The minimum absolute atomic E-state index is 0.254. The van der Waals surface area contributed by atoms with Crippen molar-refractivity contribution >= 4 is 11.0 Å². The van der Waals surface area contributed by atoms with Crippen LogP contribution in [-0.4, -0.2) is 34.0 Å². The molecule has 3 rings (SSSR count). The minimum atomic E-state index is -0.360. The molecular weight excluding hydrogens is 240 g/mol. The zero-order valence-corrected chi connectivity index (χ0v) is 11.5.